The summed E-state index contributed by atoms with van der Waals surface area (Å²) in [4.78, 5) is 52.0. The number of carbonyl (C=O) groups excluding carboxylic acids is 4. The molecule has 0 aliphatic carbocycles. The molecule has 138 valence electrons. The van der Waals surface area contributed by atoms with E-state index in [-0.39, 0.29) is 18.7 Å². The number of hydrogen-bond acceptors (Lipinski definition) is 5. The van der Waals surface area contributed by atoms with Crippen LogP contribution in [0.25, 0.3) is 0 Å². The van der Waals surface area contributed by atoms with Crippen LogP contribution in [0.5, 0.6) is 0 Å². The first-order valence-corrected chi connectivity index (χ1v) is 8.59. The Bertz CT molecular complexity index is 809. The van der Waals surface area contributed by atoms with E-state index in [9.17, 15) is 19.2 Å². The molecule has 0 N–H and O–H groups in total. The van der Waals surface area contributed by atoms with Gasteiger partial charge < -0.3 is 9.64 Å². The molecule has 7 nitrogen and oxygen atoms in total. The van der Waals surface area contributed by atoms with E-state index in [4.69, 9.17) is 4.74 Å². The Morgan fingerprint density at radius 3 is 2.50 bits per heavy atom. The number of aryl methyl sites for hydroxylation is 1. The summed E-state index contributed by atoms with van der Waals surface area (Å²) >= 11 is 0. The molecule has 2 aliphatic rings. The normalized spacial score (nSPS) is 20.5. The second kappa shape index (κ2) is 6.23. The smallest absolute Gasteiger partial charge is 0.424 e. The van der Waals surface area contributed by atoms with Gasteiger partial charge in [0, 0.05) is 18.5 Å². The molecule has 0 bridgehead atoms. The number of rotatable bonds is 1. The lowest BCUT2D eigenvalue weighted by molar-refractivity contribution is -0.150. The van der Waals surface area contributed by atoms with Crippen LogP contribution in [0.15, 0.2) is 18.2 Å². The van der Waals surface area contributed by atoms with E-state index in [2.05, 4.69) is 0 Å². The molecular formula is C19H22N2O5. The van der Waals surface area contributed by atoms with E-state index in [1.165, 1.54) is 4.90 Å². The summed E-state index contributed by atoms with van der Waals surface area (Å²) in [5.74, 6) is -1.55. The maximum atomic E-state index is 12.8. The van der Waals surface area contributed by atoms with Crippen molar-refractivity contribution in [2.24, 2.45) is 0 Å². The van der Waals surface area contributed by atoms with Crippen molar-refractivity contribution < 1.29 is 23.9 Å². The average molecular weight is 358 g/mol. The Morgan fingerprint density at radius 2 is 1.88 bits per heavy atom. The lowest BCUT2D eigenvalue weighted by Gasteiger charge is -2.35. The van der Waals surface area contributed by atoms with Crippen LogP contribution in [0, 0.1) is 6.92 Å². The van der Waals surface area contributed by atoms with Crippen LogP contribution < -0.4 is 0 Å². The summed E-state index contributed by atoms with van der Waals surface area (Å²) in [5, 5.41) is 0. The van der Waals surface area contributed by atoms with E-state index in [0.29, 0.717) is 17.0 Å². The Kier molecular flexibility index (Phi) is 4.34. The number of fused-ring (bicyclic) bond motifs is 1. The van der Waals surface area contributed by atoms with Crippen molar-refractivity contribution in [2.45, 2.75) is 58.7 Å². The topological polar surface area (TPSA) is 84.0 Å². The maximum Gasteiger partial charge on any atom is 0.424 e. The first-order valence-electron chi connectivity index (χ1n) is 8.59. The van der Waals surface area contributed by atoms with Crippen molar-refractivity contribution in [3.63, 3.8) is 0 Å². The molecular weight excluding hydrogens is 336 g/mol. The standard InChI is InChI=1S/C19H22N2O5/c1-11-6-5-7-12-13(11)10-20(16(12)23)14-8-9-15(22)21(17(14)24)18(25)26-19(2,3)4/h5-7,14H,8-10H2,1-4H3. The Labute approximate surface area is 151 Å². The zero-order chi connectivity index (χ0) is 19.2. The first-order chi connectivity index (χ1) is 12.1. The van der Waals surface area contributed by atoms with Crippen LogP contribution in [0.1, 0.15) is 55.1 Å². The van der Waals surface area contributed by atoms with Crippen molar-refractivity contribution >= 4 is 23.8 Å². The third-order valence-electron chi connectivity index (χ3n) is 4.57. The van der Waals surface area contributed by atoms with Gasteiger partial charge in [0.2, 0.25) is 5.91 Å². The third-order valence-corrected chi connectivity index (χ3v) is 4.57. The number of hydrogen-bond donors (Lipinski definition) is 0. The highest BCUT2D eigenvalue weighted by molar-refractivity contribution is 6.13. The maximum absolute atomic E-state index is 12.8. The molecule has 4 amide bonds. The molecule has 1 unspecified atom stereocenters. The molecule has 3 rings (SSSR count). The summed E-state index contributed by atoms with van der Waals surface area (Å²) in [6, 6.07) is 4.60. The molecule has 1 aromatic rings. The predicted molar refractivity (Wildman–Crippen MR) is 92.2 cm³/mol. The van der Waals surface area contributed by atoms with Crippen LogP contribution in [0.2, 0.25) is 0 Å². The van der Waals surface area contributed by atoms with Gasteiger partial charge in [0.25, 0.3) is 11.8 Å². The van der Waals surface area contributed by atoms with E-state index in [1.54, 1.807) is 32.9 Å². The molecule has 1 saturated heterocycles. The van der Waals surface area contributed by atoms with Crippen molar-refractivity contribution in [1.82, 2.24) is 9.80 Å². The minimum absolute atomic E-state index is 0.00869. The SMILES string of the molecule is Cc1cccc2c1CN(C1CCC(=O)N(C(=O)OC(C)(C)C)C1=O)C2=O. The number of nitrogens with zero attached hydrogens (tertiary/aromatic N) is 2. The number of imide groups is 3. The van der Waals surface area contributed by atoms with Gasteiger partial charge in [-0.1, -0.05) is 12.1 Å². The second-order valence-electron chi connectivity index (χ2n) is 7.64. The summed E-state index contributed by atoms with van der Waals surface area (Å²) in [6.07, 6.45) is -0.776. The molecule has 0 saturated carbocycles. The van der Waals surface area contributed by atoms with Gasteiger partial charge in [-0.25, -0.2) is 4.79 Å². The number of carbonyl (C=O) groups is 4. The minimum Gasteiger partial charge on any atom is -0.443 e. The summed E-state index contributed by atoms with van der Waals surface area (Å²) < 4.78 is 5.18. The van der Waals surface area contributed by atoms with Crippen molar-refractivity contribution in [2.75, 3.05) is 0 Å². The molecule has 0 spiro atoms. The number of ether oxygens (including phenoxy) is 1. The summed E-state index contributed by atoms with van der Waals surface area (Å²) in [6.45, 7) is 7.18. The van der Waals surface area contributed by atoms with E-state index >= 15 is 0 Å². The number of amides is 4. The fourth-order valence-corrected chi connectivity index (χ4v) is 3.32. The van der Waals surface area contributed by atoms with Crippen molar-refractivity contribution in [3.05, 3.63) is 34.9 Å². The van der Waals surface area contributed by atoms with Gasteiger partial charge in [-0.2, -0.15) is 4.90 Å². The van der Waals surface area contributed by atoms with Gasteiger partial charge in [-0.3, -0.25) is 14.4 Å². The van der Waals surface area contributed by atoms with E-state index < -0.39 is 29.6 Å². The lowest BCUT2D eigenvalue weighted by atomic mass is 10.0. The van der Waals surface area contributed by atoms with Gasteiger partial charge in [-0.15, -0.1) is 0 Å². The van der Waals surface area contributed by atoms with Crippen LogP contribution in [-0.2, 0) is 20.9 Å². The van der Waals surface area contributed by atoms with E-state index in [1.807, 2.05) is 13.0 Å². The first kappa shape index (κ1) is 18.1. The largest absolute Gasteiger partial charge is 0.443 e. The predicted octanol–water partition coefficient (Wildman–Crippen LogP) is 2.40. The Hall–Kier alpha value is -2.70. The highest BCUT2D eigenvalue weighted by Crippen LogP contribution is 2.31. The Balaban J connectivity index is 1.85. The molecule has 1 atom stereocenters. The average Bonchev–Trinajstić information content (AvgIpc) is 2.84. The lowest BCUT2D eigenvalue weighted by Crippen LogP contribution is -2.57. The highest BCUT2D eigenvalue weighted by Gasteiger charge is 2.46. The quantitative estimate of drug-likeness (QED) is 0.720. The summed E-state index contributed by atoms with van der Waals surface area (Å²) in [7, 11) is 0. The molecule has 1 aromatic carbocycles. The zero-order valence-corrected chi connectivity index (χ0v) is 15.4. The molecule has 0 aromatic heterocycles. The van der Waals surface area contributed by atoms with Gasteiger partial charge in [0.1, 0.15) is 11.6 Å². The third kappa shape index (κ3) is 3.09. The van der Waals surface area contributed by atoms with Crippen LogP contribution in [0.4, 0.5) is 4.79 Å². The van der Waals surface area contributed by atoms with E-state index in [0.717, 1.165) is 11.1 Å². The molecule has 2 heterocycles. The Morgan fingerprint density at radius 1 is 1.19 bits per heavy atom. The van der Waals surface area contributed by atoms with Gasteiger partial charge in [0.15, 0.2) is 0 Å². The van der Waals surface area contributed by atoms with Crippen LogP contribution in [0.3, 0.4) is 0 Å². The van der Waals surface area contributed by atoms with Crippen LogP contribution >= 0.6 is 0 Å². The molecule has 1 fully saturated rings. The van der Waals surface area contributed by atoms with Crippen LogP contribution in [-0.4, -0.2) is 45.3 Å². The fraction of sp³-hybridized carbons (Fsp3) is 0.474. The second-order valence-corrected chi connectivity index (χ2v) is 7.64. The monoisotopic (exact) mass is 358 g/mol. The molecule has 2 aliphatic heterocycles. The molecule has 0 radical (unpaired) electrons. The van der Waals surface area contributed by atoms with Crippen molar-refractivity contribution in [3.8, 4) is 0 Å². The fourth-order valence-electron chi connectivity index (χ4n) is 3.32. The zero-order valence-electron chi connectivity index (χ0n) is 15.4. The van der Waals surface area contributed by atoms with Gasteiger partial charge in [0.05, 0.1) is 0 Å². The highest BCUT2D eigenvalue weighted by atomic mass is 16.6. The van der Waals surface area contributed by atoms with Crippen molar-refractivity contribution in [1.29, 1.82) is 0 Å². The number of likely N-dealkylation sites (tertiary alicyclic amines) is 1. The van der Waals surface area contributed by atoms with Gasteiger partial charge in [-0.05, 0) is 51.3 Å². The minimum atomic E-state index is -0.988. The number of piperidine rings is 1. The van der Waals surface area contributed by atoms with Gasteiger partial charge >= 0.3 is 6.09 Å². The summed E-state index contributed by atoms with van der Waals surface area (Å²) in [5.41, 5.74) is 1.59. The molecule has 26 heavy (non-hydrogen) atoms. The molecule has 7 heteroatoms. The number of benzene rings is 1.